The van der Waals surface area contributed by atoms with Gasteiger partial charge in [0.15, 0.2) is 5.82 Å². The van der Waals surface area contributed by atoms with Gasteiger partial charge in [-0.3, -0.25) is 5.32 Å². The number of nitrogens with zero attached hydrogens (tertiary/aromatic N) is 4. The molecule has 0 radical (unpaired) electrons. The van der Waals surface area contributed by atoms with Gasteiger partial charge in [0.1, 0.15) is 12.0 Å². The Balaban J connectivity index is 2.20. The monoisotopic (exact) mass is 309 g/mol. The molecule has 0 saturated carbocycles. The molecule has 0 unspecified atom stereocenters. The van der Waals surface area contributed by atoms with E-state index in [1.54, 1.807) is 9.80 Å². The second kappa shape index (κ2) is 6.78. The van der Waals surface area contributed by atoms with Gasteiger partial charge in [-0.05, 0) is 13.8 Å². The first-order valence-electron chi connectivity index (χ1n) is 7.20. The molecule has 122 valence electrons. The Morgan fingerprint density at radius 3 is 2.55 bits per heavy atom. The number of carbonyl (C=O) groups is 1. The van der Waals surface area contributed by atoms with Gasteiger partial charge in [0.2, 0.25) is 5.88 Å². The Morgan fingerprint density at radius 2 is 2.00 bits per heavy atom. The molecule has 2 atom stereocenters. The highest BCUT2D eigenvalue weighted by molar-refractivity contribution is 5.94. The first-order valence-corrected chi connectivity index (χ1v) is 7.20. The van der Waals surface area contributed by atoms with Gasteiger partial charge in [-0.1, -0.05) is 0 Å². The number of morpholine rings is 1. The van der Waals surface area contributed by atoms with Crippen LogP contribution in [-0.4, -0.2) is 67.4 Å². The second-order valence-corrected chi connectivity index (χ2v) is 5.57. The van der Waals surface area contributed by atoms with E-state index >= 15 is 0 Å². The number of urea groups is 1. The van der Waals surface area contributed by atoms with Crippen molar-refractivity contribution in [3.05, 3.63) is 6.33 Å². The van der Waals surface area contributed by atoms with E-state index < -0.39 is 0 Å². The van der Waals surface area contributed by atoms with Crippen LogP contribution in [0.1, 0.15) is 13.8 Å². The summed E-state index contributed by atoms with van der Waals surface area (Å²) in [5.41, 5.74) is 0.465. The number of aromatic nitrogens is 2. The zero-order chi connectivity index (χ0) is 16.3. The quantitative estimate of drug-likeness (QED) is 0.903. The minimum Gasteiger partial charge on any atom is -0.479 e. The molecular formula is C14H23N5O3. The van der Waals surface area contributed by atoms with Crippen molar-refractivity contribution in [3.63, 3.8) is 0 Å². The van der Waals surface area contributed by atoms with Crippen molar-refractivity contribution in [2.75, 3.05) is 44.5 Å². The molecule has 1 N–H and O–H groups in total. The molecule has 2 amide bonds. The number of carbonyl (C=O) groups excluding carboxylic acids is 1. The molecule has 2 rings (SSSR count). The smallest absolute Gasteiger partial charge is 0.322 e. The number of hydrogen-bond donors (Lipinski definition) is 1. The van der Waals surface area contributed by atoms with Gasteiger partial charge in [0.05, 0.1) is 19.3 Å². The highest BCUT2D eigenvalue weighted by Gasteiger charge is 2.27. The van der Waals surface area contributed by atoms with Gasteiger partial charge in [0.25, 0.3) is 0 Å². The van der Waals surface area contributed by atoms with Crippen molar-refractivity contribution < 1.29 is 14.3 Å². The van der Waals surface area contributed by atoms with Gasteiger partial charge in [-0.15, -0.1) is 0 Å². The van der Waals surface area contributed by atoms with E-state index in [-0.39, 0.29) is 18.2 Å². The molecule has 1 aromatic rings. The summed E-state index contributed by atoms with van der Waals surface area (Å²) in [5.74, 6) is 0.927. The highest BCUT2D eigenvalue weighted by atomic mass is 16.5. The molecule has 1 fully saturated rings. The second-order valence-electron chi connectivity index (χ2n) is 5.57. The summed E-state index contributed by atoms with van der Waals surface area (Å²) < 4.78 is 10.9. The summed E-state index contributed by atoms with van der Waals surface area (Å²) in [6.07, 6.45) is 1.43. The van der Waals surface area contributed by atoms with Gasteiger partial charge in [-0.2, -0.15) is 4.98 Å². The van der Waals surface area contributed by atoms with Crippen LogP contribution in [0.2, 0.25) is 0 Å². The SMILES string of the molecule is COc1ncnc(N(C)C)c1NC(=O)N1C[C@@H](C)O[C@H](C)C1. The molecular weight excluding hydrogens is 286 g/mol. The van der Waals surface area contributed by atoms with Crippen molar-refractivity contribution >= 4 is 17.5 Å². The molecule has 0 aliphatic carbocycles. The topological polar surface area (TPSA) is 79.8 Å². The van der Waals surface area contributed by atoms with Crippen LogP contribution in [0.3, 0.4) is 0 Å². The van der Waals surface area contributed by atoms with E-state index in [2.05, 4.69) is 15.3 Å². The lowest BCUT2D eigenvalue weighted by molar-refractivity contribution is -0.0530. The van der Waals surface area contributed by atoms with Crippen molar-refractivity contribution in [2.24, 2.45) is 0 Å². The molecule has 22 heavy (non-hydrogen) atoms. The third-order valence-corrected chi connectivity index (χ3v) is 3.35. The lowest BCUT2D eigenvalue weighted by atomic mass is 10.2. The predicted octanol–water partition coefficient (Wildman–Crippen LogP) is 1.19. The number of hydrogen-bond acceptors (Lipinski definition) is 6. The minimum atomic E-state index is -0.210. The lowest BCUT2D eigenvalue weighted by Crippen LogP contribution is -2.49. The van der Waals surface area contributed by atoms with Gasteiger partial charge >= 0.3 is 6.03 Å². The molecule has 1 saturated heterocycles. The third-order valence-electron chi connectivity index (χ3n) is 3.35. The average molecular weight is 309 g/mol. The summed E-state index contributed by atoms with van der Waals surface area (Å²) in [4.78, 5) is 24.3. The first kappa shape index (κ1) is 16.3. The maximum absolute atomic E-state index is 12.5. The molecule has 1 aliphatic heterocycles. The Labute approximate surface area is 130 Å². The highest BCUT2D eigenvalue weighted by Crippen LogP contribution is 2.30. The maximum atomic E-state index is 12.5. The molecule has 8 nitrogen and oxygen atoms in total. The van der Waals surface area contributed by atoms with Crippen LogP contribution in [0.15, 0.2) is 6.33 Å². The first-order chi connectivity index (χ1) is 10.4. The van der Waals surface area contributed by atoms with E-state index in [0.717, 1.165) is 0 Å². The largest absolute Gasteiger partial charge is 0.479 e. The molecule has 1 aromatic heterocycles. The van der Waals surface area contributed by atoms with Crippen LogP contribution in [0, 0.1) is 0 Å². The fraction of sp³-hybridized carbons (Fsp3) is 0.643. The van der Waals surface area contributed by atoms with Crippen molar-refractivity contribution in [1.82, 2.24) is 14.9 Å². The van der Waals surface area contributed by atoms with Crippen molar-refractivity contribution in [1.29, 1.82) is 0 Å². The summed E-state index contributed by atoms with van der Waals surface area (Å²) in [7, 11) is 5.20. The van der Waals surface area contributed by atoms with Crippen LogP contribution >= 0.6 is 0 Å². The van der Waals surface area contributed by atoms with E-state index in [0.29, 0.717) is 30.5 Å². The standard InChI is InChI=1S/C14H23N5O3/c1-9-6-19(7-10(2)22-9)14(20)17-11-12(18(3)4)15-8-16-13(11)21-5/h8-10H,6-7H2,1-5H3,(H,17,20)/t9-,10-/m1/s1. The van der Waals surface area contributed by atoms with Crippen LogP contribution in [-0.2, 0) is 4.74 Å². The number of rotatable bonds is 3. The summed E-state index contributed by atoms with van der Waals surface area (Å²) in [6, 6.07) is -0.210. The van der Waals surface area contributed by atoms with Crippen LogP contribution in [0.5, 0.6) is 5.88 Å². The summed E-state index contributed by atoms with van der Waals surface area (Å²) >= 11 is 0. The van der Waals surface area contributed by atoms with Crippen LogP contribution in [0.4, 0.5) is 16.3 Å². The zero-order valence-electron chi connectivity index (χ0n) is 13.7. The Hall–Kier alpha value is -2.09. The van der Waals surface area contributed by atoms with Crippen molar-refractivity contribution in [2.45, 2.75) is 26.1 Å². The predicted molar refractivity (Wildman–Crippen MR) is 83.5 cm³/mol. The van der Waals surface area contributed by atoms with Gasteiger partial charge in [0, 0.05) is 27.2 Å². The lowest BCUT2D eigenvalue weighted by Gasteiger charge is -2.35. The fourth-order valence-corrected chi connectivity index (χ4v) is 2.49. The molecule has 0 aromatic carbocycles. The number of ether oxygens (including phenoxy) is 2. The third kappa shape index (κ3) is 3.56. The Morgan fingerprint density at radius 1 is 1.36 bits per heavy atom. The number of amides is 2. The number of nitrogens with one attached hydrogen (secondary N) is 1. The number of methoxy groups -OCH3 is 1. The van der Waals surface area contributed by atoms with E-state index in [1.807, 2.05) is 27.9 Å². The van der Waals surface area contributed by atoms with E-state index in [9.17, 15) is 4.79 Å². The van der Waals surface area contributed by atoms with Crippen molar-refractivity contribution in [3.8, 4) is 5.88 Å². The average Bonchev–Trinajstić information content (AvgIpc) is 2.46. The fourth-order valence-electron chi connectivity index (χ4n) is 2.49. The molecule has 8 heteroatoms. The summed E-state index contributed by atoms with van der Waals surface area (Å²) in [6.45, 7) is 4.99. The van der Waals surface area contributed by atoms with E-state index in [4.69, 9.17) is 9.47 Å². The maximum Gasteiger partial charge on any atom is 0.322 e. The molecule has 1 aliphatic rings. The van der Waals surface area contributed by atoms with Crippen LogP contribution in [0.25, 0.3) is 0 Å². The number of anilines is 2. The molecule has 0 bridgehead atoms. The minimum absolute atomic E-state index is 0.0109. The molecule has 2 heterocycles. The summed E-state index contributed by atoms with van der Waals surface area (Å²) in [5, 5.41) is 2.86. The Bertz CT molecular complexity index is 527. The zero-order valence-corrected chi connectivity index (χ0v) is 13.7. The molecule has 0 spiro atoms. The normalized spacial score (nSPS) is 21.4. The Kier molecular flexibility index (Phi) is 5.02. The van der Waals surface area contributed by atoms with Gasteiger partial charge in [-0.25, -0.2) is 9.78 Å². The van der Waals surface area contributed by atoms with Crippen LogP contribution < -0.4 is 15.0 Å². The van der Waals surface area contributed by atoms with Gasteiger partial charge < -0.3 is 19.3 Å². The van der Waals surface area contributed by atoms with E-state index in [1.165, 1.54) is 13.4 Å².